The fraction of sp³-hybridized carbons (Fsp3) is 0.629. The second-order valence-corrected chi connectivity index (χ2v) is 11.6. The number of unbranched alkanes of at least 4 members (excludes halogenated alkanes) is 6. The van der Waals surface area contributed by atoms with Crippen LogP contribution in [0.3, 0.4) is 0 Å². The summed E-state index contributed by atoms with van der Waals surface area (Å²) in [6, 6.07) is 15.5. The predicted molar refractivity (Wildman–Crippen MR) is 159 cm³/mol. The quantitative estimate of drug-likeness (QED) is 0.118. The number of rotatable bonds is 17. The number of benzene rings is 2. The molecule has 1 aliphatic carbocycles. The van der Waals surface area contributed by atoms with Crippen molar-refractivity contribution in [3.05, 3.63) is 59.7 Å². The van der Waals surface area contributed by atoms with E-state index in [1.54, 1.807) is 12.1 Å². The average Bonchev–Trinajstić information content (AvgIpc) is 2.95. The standard InChI is InChI=1S/C35H52O3/c1-4-6-7-8-11-14-29-15-17-30(18-16-29)31-19-25-34(26-20-31)38-35(36)32-21-23-33(24-22-32)37-27-12-9-10-13-28(3)5-2/h19-26,28-30H,4-18,27H2,1-3H3/t28-,29?,30?/m0/s1. The molecule has 2 aromatic rings. The van der Waals surface area contributed by atoms with Crippen LogP contribution >= 0.6 is 0 Å². The summed E-state index contributed by atoms with van der Waals surface area (Å²) >= 11 is 0. The van der Waals surface area contributed by atoms with Crippen molar-refractivity contribution < 1.29 is 14.3 Å². The van der Waals surface area contributed by atoms with Gasteiger partial charge in [0.25, 0.3) is 0 Å². The van der Waals surface area contributed by atoms with E-state index in [0.29, 0.717) is 17.2 Å². The fourth-order valence-corrected chi connectivity index (χ4v) is 5.65. The molecule has 3 heteroatoms. The molecule has 0 spiro atoms. The first-order chi connectivity index (χ1) is 18.6. The van der Waals surface area contributed by atoms with E-state index in [-0.39, 0.29) is 5.97 Å². The Kier molecular flexibility index (Phi) is 13.8. The Labute approximate surface area is 232 Å². The third-order valence-corrected chi connectivity index (χ3v) is 8.52. The van der Waals surface area contributed by atoms with Crippen LogP contribution in [0.4, 0.5) is 0 Å². The Morgan fingerprint density at radius 2 is 1.45 bits per heavy atom. The summed E-state index contributed by atoms with van der Waals surface area (Å²) in [5.74, 6) is 3.47. The number of esters is 1. The Hall–Kier alpha value is -2.29. The Morgan fingerprint density at radius 3 is 2.13 bits per heavy atom. The fourth-order valence-electron chi connectivity index (χ4n) is 5.65. The highest BCUT2D eigenvalue weighted by Gasteiger charge is 2.22. The van der Waals surface area contributed by atoms with Crippen molar-refractivity contribution in [3.63, 3.8) is 0 Å². The van der Waals surface area contributed by atoms with Gasteiger partial charge in [0, 0.05) is 0 Å². The second kappa shape index (κ2) is 17.3. The van der Waals surface area contributed by atoms with Crippen LogP contribution in [0.2, 0.25) is 0 Å². The summed E-state index contributed by atoms with van der Waals surface area (Å²) in [7, 11) is 0. The maximum atomic E-state index is 12.6. The molecule has 38 heavy (non-hydrogen) atoms. The van der Waals surface area contributed by atoms with Crippen molar-refractivity contribution in [2.75, 3.05) is 6.61 Å². The number of ether oxygens (including phenoxy) is 2. The van der Waals surface area contributed by atoms with E-state index in [1.165, 1.54) is 95.5 Å². The van der Waals surface area contributed by atoms with E-state index >= 15 is 0 Å². The minimum atomic E-state index is -0.325. The molecule has 0 amide bonds. The molecule has 1 aliphatic rings. The summed E-state index contributed by atoms with van der Waals surface area (Å²) in [4.78, 5) is 12.6. The smallest absolute Gasteiger partial charge is 0.343 e. The number of carbonyl (C=O) groups excluding carboxylic acids is 1. The van der Waals surface area contributed by atoms with Gasteiger partial charge in [0.1, 0.15) is 11.5 Å². The van der Waals surface area contributed by atoms with Gasteiger partial charge < -0.3 is 9.47 Å². The highest BCUT2D eigenvalue weighted by Crippen LogP contribution is 2.38. The molecule has 0 unspecified atom stereocenters. The summed E-state index contributed by atoms with van der Waals surface area (Å²) in [6.45, 7) is 7.58. The molecule has 0 saturated heterocycles. The zero-order valence-electron chi connectivity index (χ0n) is 24.4. The monoisotopic (exact) mass is 520 g/mol. The van der Waals surface area contributed by atoms with Crippen LogP contribution in [0.15, 0.2) is 48.5 Å². The molecule has 1 atom stereocenters. The topological polar surface area (TPSA) is 35.5 Å². The zero-order chi connectivity index (χ0) is 27.0. The molecule has 0 bridgehead atoms. The highest BCUT2D eigenvalue weighted by molar-refractivity contribution is 5.91. The summed E-state index contributed by atoms with van der Waals surface area (Å²) < 4.78 is 11.5. The summed E-state index contributed by atoms with van der Waals surface area (Å²) in [5.41, 5.74) is 1.93. The van der Waals surface area contributed by atoms with Crippen molar-refractivity contribution in [1.82, 2.24) is 0 Å². The first kappa shape index (κ1) is 30.3. The first-order valence-electron chi connectivity index (χ1n) is 15.6. The van der Waals surface area contributed by atoms with Gasteiger partial charge in [-0.15, -0.1) is 0 Å². The zero-order valence-corrected chi connectivity index (χ0v) is 24.4. The second-order valence-electron chi connectivity index (χ2n) is 11.6. The average molecular weight is 521 g/mol. The van der Waals surface area contributed by atoms with Gasteiger partial charge in [-0.05, 0) is 91.8 Å². The van der Waals surface area contributed by atoms with Crippen LogP contribution in [0, 0.1) is 11.8 Å². The van der Waals surface area contributed by atoms with Crippen molar-refractivity contribution in [2.45, 2.75) is 123 Å². The summed E-state index contributed by atoms with van der Waals surface area (Å²) in [5, 5.41) is 0. The minimum Gasteiger partial charge on any atom is -0.494 e. The van der Waals surface area contributed by atoms with Gasteiger partial charge >= 0.3 is 5.97 Å². The van der Waals surface area contributed by atoms with Gasteiger partial charge in [-0.25, -0.2) is 4.79 Å². The Morgan fingerprint density at radius 1 is 0.789 bits per heavy atom. The molecule has 3 nitrogen and oxygen atoms in total. The van der Waals surface area contributed by atoms with Crippen LogP contribution in [0.5, 0.6) is 11.5 Å². The van der Waals surface area contributed by atoms with Crippen LogP contribution in [0.1, 0.15) is 139 Å². The van der Waals surface area contributed by atoms with E-state index in [1.807, 2.05) is 24.3 Å². The normalized spacial score (nSPS) is 18.2. The van der Waals surface area contributed by atoms with E-state index < -0.39 is 0 Å². The molecule has 0 aromatic heterocycles. The Bertz CT molecular complexity index is 894. The van der Waals surface area contributed by atoms with Crippen LogP contribution in [0.25, 0.3) is 0 Å². The largest absolute Gasteiger partial charge is 0.494 e. The van der Waals surface area contributed by atoms with E-state index in [4.69, 9.17) is 9.47 Å². The lowest BCUT2D eigenvalue weighted by atomic mass is 9.77. The number of hydrogen-bond donors (Lipinski definition) is 0. The number of carbonyl (C=O) groups is 1. The first-order valence-corrected chi connectivity index (χ1v) is 15.6. The molecule has 3 rings (SSSR count). The van der Waals surface area contributed by atoms with Gasteiger partial charge in [0.15, 0.2) is 0 Å². The predicted octanol–water partition coefficient (Wildman–Crippen LogP) is 10.5. The third kappa shape index (κ3) is 10.8. The van der Waals surface area contributed by atoms with E-state index in [0.717, 1.165) is 30.6 Å². The molecule has 0 aliphatic heterocycles. The van der Waals surface area contributed by atoms with Crippen molar-refractivity contribution >= 4 is 5.97 Å². The molecule has 1 fully saturated rings. The van der Waals surface area contributed by atoms with Crippen molar-refractivity contribution in [3.8, 4) is 11.5 Å². The van der Waals surface area contributed by atoms with Crippen molar-refractivity contribution in [1.29, 1.82) is 0 Å². The highest BCUT2D eigenvalue weighted by atomic mass is 16.5. The van der Waals surface area contributed by atoms with Gasteiger partial charge in [0.05, 0.1) is 12.2 Å². The molecule has 2 aromatic carbocycles. The summed E-state index contributed by atoms with van der Waals surface area (Å²) in [6.07, 6.45) is 19.7. The molecule has 0 heterocycles. The lowest BCUT2D eigenvalue weighted by Crippen LogP contribution is -2.13. The van der Waals surface area contributed by atoms with Gasteiger partial charge in [-0.1, -0.05) is 97.1 Å². The van der Waals surface area contributed by atoms with Crippen LogP contribution < -0.4 is 9.47 Å². The molecule has 210 valence electrons. The maximum absolute atomic E-state index is 12.6. The lowest BCUT2D eigenvalue weighted by Gasteiger charge is -2.29. The molecular weight excluding hydrogens is 468 g/mol. The maximum Gasteiger partial charge on any atom is 0.343 e. The lowest BCUT2D eigenvalue weighted by molar-refractivity contribution is 0.0734. The van der Waals surface area contributed by atoms with Crippen LogP contribution in [-0.4, -0.2) is 12.6 Å². The van der Waals surface area contributed by atoms with Gasteiger partial charge in [-0.2, -0.15) is 0 Å². The molecule has 1 saturated carbocycles. The van der Waals surface area contributed by atoms with Crippen molar-refractivity contribution in [2.24, 2.45) is 11.8 Å². The van der Waals surface area contributed by atoms with Gasteiger partial charge in [-0.3, -0.25) is 0 Å². The minimum absolute atomic E-state index is 0.325. The molecule has 0 N–H and O–H groups in total. The van der Waals surface area contributed by atoms with E-state index in [2.05, 4.69) is 32.9 Å². The Balaban J connectivity index is 1.35. The van der Waals surface area contributed by atoms with E-state index in [9.17, 15) is 4.79 Å². The van der Waals surface area contributed by atoms with Gasteiger partial charge in [0.2, 0.25) is 0 Å². The SMILES string of the molecule is CCCCCCCC1CCC(c2ccc(OC(=O)c3ccc(OCCCCC[C@@H](C)CC)cc3)cc2)CC1. The number of hydrogen-bond acceptors (Lipinski definition) is 3. The molecular formula is C35H52O3. The molecule has 0 radical (unpaired) electrons. The third-order valence-electron chi connectivity index (χ3n) is 8.52. The van der Waals surface area contributed by atoms with Crippen LogP contribution in [-0.2, 0) is 0 Å².